The van der Waals surface area contributed by atoms with Gasteiger partial charge in [0.1, 0.15) is 0 Å². The van der Waals surface area contributed by atoms with E-state index in [2.05, 4.69) is 5.32 Å². The zero-order valence-corrected chi connectivity index (χ0v) is 8.53. The zero-order valence-electron chi connectivity index (χ0n) is 6.96. The quantitative estimate of drug-likeness (QED) is 0.754. The Bertz CT molecular complexity index is 318. The Hall–Kier alpha value is -0.380. The fourth-order valence-electron chi connectivity index (χ4n) is 1.29. The summed E-state index contributed by atoms with van der Waals surface area (Å²) in [7, 11) is 0. The van der Waals surface area contributed by atoms with Gasteiger partial charge in [-0.2, -0.15) is 0 Å². The van der Waals surface area contributed by atoms with Gasteiger partial charge in [-0.25, -0.2) is 0 Å². The number of thioether (sulfide) groups is 1. The van der Waals surface area contributed by atoms with E-state index in [1.165, 1.54) is 4.90 Å². The van der Waals surface area contributed by atoms with E-state index in [9.17, 15) is 0 Å². The summed E-state index contributed by atoms with van der Waals surface area (Å²) >= 11 is 7.60. The van der Waals surface area contributed by atoms with Gasteiger partial charge in [0.15, 0.2) is 0 Å². The van der Waals surface area contributed by atoms with E-state index in [0.29, 0.717) is 0 Å². The highest BCUT2D eigenvalue weighted by Crippen LogP contribution is 2.34. The van der Waals surface area contributed by atoms with E-state index in [1.807, 2.05) is 18.2 Å². The summed E-state index contributed by atoms with van der Waals surface area (Å²) in [4.78, 5) is 1.20. The van der Waals surface area contributed by atoms with Crippen LogP contribution in [0, 0.1) is 0 Å². The summed E-state index contributed by atoms with van der Waals surface area (Å²) in [5.74, 6) is 0.908. The van der Waals surface area contributed by atoms with Crippen LogP contribution in [-0.4, -0.2) is 23.5 Å². The monoisotopic (exact) mass is 215 g/mol. The van der Waals surface area contributed by atoms with Crippen molar-refractivity contribution in [3.8, 4) is 0 Å². The van der Waals surface area contributed by atoms with Gasteiger partial charge in [-0.05, 0) is 18.2 Å². The van der Waals surface area contributed by atoms with Crippen LogP contribution in [0.2, 0.25) is 5.02 Å². The molecule has 1 aliphatic rings. The van der Waals surface area contributed by atoms with Crippen LogP contribution in [0.25, 0.3) is 0 Å². The summed E-state index contributed by atoms with van der Waals surface area (Å²) in [5.41, 5.74) is 1.03. The van der Waals surface area contributed by atoms with E-state index >= 15 is 0 Å². The molecule has 1 aromatic rings. The van der Waals surface area contributed by atoms with Crippen LogP contribution >= 0.6 is 23.4 Å². The van der Waals surface area contributed by atoms with Crippen LogP contribution in [0.15, 0.2) is 23.1 Å². The molecule has 0 bridgehead atoms. The number of halogens is 1. The van der Waals surface area contributed by atoms with Crippen molar-refractivity contribution in [1.29, 1.82) is 0 Å². The number of nitrogens with one attached hydrogen (secondary N) is 1. The first-order chi connectivity index (χ1) is 6.29. The number of aliphatic hydroxyl groups excluding tert-OH is 1. The molecule has 1 unspecified atom stereocenters. The van der Waals surface area contributed by atoms with E-state index in [1.54, 1.807) is 11.8 Å². The second kappa shape index (κ2) is 3.78. The van der Waals surface area contributed by atoms with Gasteiger partial charge < -0.3 is 10.4 Å². The maximum Gasteiger partial charge on any atom is 0.0641 e. The lowest BCUT2D eigenvalue weighted by molar-refractivity contribution is 0.282. The molecule has 0 spiro atoms. The number of hydrogen-bond acceptors (Lipinski definition) is 3. The molecule has 0 saturated heterocycles. The van der Waals surface area contributed by atoms with E-state index in [0.717, 1.165) is 16.5 Å². The van der Waals surface area contributed by atoms with Crippen LogP contribution in [0.5, 0.6) is 0 Å². The molecule has 2 rings (SSSR count). The number of fused-ring (bicyclic) bond motifs is 1. The summed E-state index contributed by atoms with van der Waals surface area (Å²) in [6, 6.07) is 5.93. The van der Waals surface area contributed by atoms with Crippen molar-refractivity contribution in [3.05, 3.63) is 23.2 Å². The van der Waals surface area contributed by atoms with E-state index in [-0.39, 0.29) is 12.6 Å². The third kappa shape index (κ3) is 1.93. The van der Waals surface area contributed by atoms with Crippen LogP contribution in [0.4, 0.5) is 5.69 Å². The number of aliphatic hydroxyl groups is 1. The van der Waals surface area contributed by atoms with Crippen molar-refractivity contribution in [2.75, 3.05) is 17.7 Å². The molecule has 0 saturated carbocycles. The van der Waals surface area contributed by atoms with Gasteiger partial charge in [-0.15, -0.1) is 11.8 Å². The number of benzene rings is 1. The van der Waals surface area contributed by atoms with Crippen LogP contribution in [0.1, 0.15) is 0 Å². The number of rotatable bonds is 1. The molecule has 1 atom stereocenters. The first-order valence-corrected chi connectivity index (χ1v) is 5.45. The molecule has 70 valence electrons. The van der Waals surface area contributed by atoms with Gasteiger partial charge in [0.25, 0.3) is 0 Å². The average molecular weight is 216 g/mol. The molecular weight excluding hydrogens is 206 g/mol. The second-order valence-corrected chi connectivity index (χ2v) is 4.47. The number of hydrogen-bond donors (Lipinski definition) is 2. The maximum absolute atomic E-state index is 8.98. The molecule has 4 heteroatoms. The fraction of sp³-hybridized carbons (Fsp3) is 0.333. The lowest BCUT2D eigenvalue weighted by Crippen LogP contribution is -2.29. The Morgan fingerprint density at radius 1 is 1.62 bits per heavy atom. The van der Waals surface area contributed by atoms with Gasteiger partial charge in [-0.1, -0.05) is 11.6 Å². The normalized spacial score (nSPS) is 20.6. The Balaban J connectivity index is 2.27. The summed E-state index contributed by atoms with van der Waals surface area (Å²) < 4.78 is 0. The Labute approximate surface area is 86.3 Å². The highest BCUT2D eigenvalue weighted by atomic mass is 35.5. The van der Waals surface area contributed by atoms with Crippen LogP contribution < -0.4 is 5.32 Å². The molecule has 2 nitrogen and oxygen atoms in total. The molecule has 0 amide bonds. The average Bonchev–Trinajstić information content (AvgIpc) is 2.16. The molecule has 0 aliphatic carbocycles. The highest BCUT2D eigenvalue weighted by molar-refractivity contribution is 7.99. The molecule has 1 aliphatic heterocycles. The van der Waals surface area contributed by atoms with Crippen molar-refractivity contribution in [2.24, 2.45) is 0 Å². The summed E-state index contributed by atoms with van der Waals surface area (Å²) in [5, 5.41) is 12.9. The van der Waals surface area contributed by atoms with Crippen molar-refractivity contribution < 1.29 is 5.11 Å². The molecule has 2 N–H and O–H groups in total. The van der Waals surface area contributed by atoms with Gasteiger partial charge in [0.05, 0.1) is 12.6 Å². The minimum Gasteiger partial charge on any atom is -0.394 e. The summed E-state index contributed by atoms with van der Waals surface area (Å²) in [6.45, 7) is 0.166. The standard InChI is InChI=1S/C9H10ClNOS/c10-6-1-2-9-8(3-6)11-7(4-12)5-13-9/h1-3,7,11-12H,4-5H2. The largest absolute Gasteiger partial charge is 0.394 e. The minimum absolute atomic E-state index is 0.149. The second-order valence-electron chi connectivity index (χ2n) is 2.98. The molecule has 0 fully saturated rings. The van der Waals surface area contributed by atoms with Gasteiger partial charge >= 0.3 is 0 Å². The SMILES string of the molecule is OCC1CSc2ccc(Cl)cc2N1. The predicted octanol–water partition coefficient (Wildman–Crippen LogP) is 2.22. The lowest BCUT2D eigenvalue weighted by atomic mass is 10.2. The molecule has 0 aromatic heterocycles. The van der Waals surface area contributed by atoms with Crippen LogP contribution in [0.3, 0.4) is 0 Å². The van der Waals surface area contributed by atoms with Crippen molar-refractivity contribution in [3.63, 3.8) is 0 Å². The molecule has 13 heavy (non-hydrogen) atoms. The third-order valence-corrected chi connectivity index (χ3v) is 3.43. The van der Waals surface area contributed by atoms with Crippen LogP contribution in [-0.2, 0) is 0 Å². The van der Waals surface area contributed by atoms with E-state index in [4.69, 9.17) is 16.7 Å². The topological polar surface area (TPSA) is 32.3 Å². The third-order valence-electron chi connectivity index (χ3n) is 1.96. The smallest absolute Gasteiger partial charge is 0.0641 e. The molecule has 1 aromatic carbocycles. The first-order valence-electron chi connectivity index (χ1n) is 4.09. The maximum atomic E-state index is 8.98. The fourth-order valence-corrected chi connectivity index (χ4v) is 2.47. The molecule has 0 radical (unpaired) electrons. The zero-order chi connectivity index (χ0) is 9.26. The lowest BCUT2D eigenvalue weighted by Gasteiger charge is -2.24. The van der Waals surface area contributed by atoms with Gasteiger partial charge in [0.2, 0.25) is 0 Å². The Kier molecular flexibility index (Phi) is 2.67. The van der Waals surface area contributed by atoms with Crippen molar-refractivity contribution in [1.82, 2.24) is 0 Å². The van der Waals surface area contributed by atoms with E-state index < -0.39 is 0 Å². The van der Waals surface area contributed by atoms with Gasteiger partial charge in [0, 0.05) is 21.4 Å². The van der Waals surface area contributed by atoms with Gasteiger partial charge in [-0.3, -0.25) is 0 Å². The molecular formula is C9H10ClNOS. The molecule has 1 heterocycles. The predicted molar refractivity (Wildman–Crippen MR) is 56.7 cm³/mol. The summed E-state index contributed by atoms with van der Waals surface area (Å²) in [6.07, 6.45) is 0. The first kappa shape index (κ1) is 9.19. The van der Waals surface area contributed by atoms with Crippen molar-refractivity contribution in [2.45, 2.75) is 10.9 Å². The Morgan fingerprint density at radius 3 is 3.23 bits per heavy atom. The minimum atomic E-state index is 0.149. The highest BCUT2D eigenvalue weighted by Gasteiger charge is 2.16. The van der Waals surface area contributed by atoms with Crippen molar-refractivity contribution >= 4 is 29.1 Å². The Morgan fingerprint density at radius 2 is 2.46 bits per heavy atom. The number of anilines is 1.